The number of hydrogen-bond donors (Lipinski definition) is 0. The van der Waals surface area contributed by atoms with Crippen LogP contribution in [0.2, 0.25) is 0 Å². The Morgan fingerprint density at radius 2 is 2.12 bits per heavy atom. The molecule has 0 bridgehead atoms. The summed E-state index contributed by atoms with van der Waals surface area (Å²) < 4.78 is 13.2. The molecule has 0 N–H and O–H groups in total. The smallest absolute Gasteiger partial charge is 0.126 e. The van der Waals surface area contributed by atoms with Gasteiger partial charge in [0.05, 0.1) is 0 Å². The van der Waals surface area contributed by atoms with Crippen molar-refractivity contribution in [2.24, 2.45) is 10.9 Å². The van der Waals surface area contributed by atoms with E-state index >= 15 is 0 Å². The molecule has 1 aromatic rings. The zero-order valence-electron chi connectivity index (χ0n) is 11.3. The van der Waals surface area contributed by atoms with Crippen molar-refractivity contribution >= 4 is 5.71 Å². The first-order chi connectivity index (χ1) is 8.08. The number of halogens is 1. The van der Waals surface area contributed by atoms with E-state index in [2.05, 4.69) is 18.8 Å². The summed E-state index contributed by atoms with van der Waals surface area (Å²) in [5, 5.41) is 0. The fourth-order valence-corrected chi connectivity index (χ4v) is 2.09. The highest BCUT2D eigenvalue weighted by Crippen LogP contribution is 2.17. The topological polar surface area (TPSA) is 12.4 Å². The lowest BCUT2D eigenvalue weighted by Gasteiger charge is -2.13. The summed E-state index contributed by atoms with van der Waals surface area (Å²) in [6.07, 6.45) is 3.37. The lowest BCUT2D eigenvalue weighted by atomic mass is 9.94. The van der Waals surface area contributed by atoms with E-state index in [-0.39, 0.29) is 5.82 Å². The Morgan fingerprint density at radius 1 is 1.41 bits per heavy atom. The molecule has 1 aromatic carbocycles. The largest absolute Gasteiger partial charge is 0.292 e. The molecule has 0 aliphatic heterocycles. The Labute approximate surface area is 104 Å². The van der Waals surface area contributed by atoms with Gasteiger partial charge < -0.3 is 0 Å². The van der Waals surface area contributed by atoms with Crippen LogP contribution in [0.1, 0.15) is 44.2 Å². The second kappa shape index (κ2) is 6.53. The van der Waals surface area contributed by atoms with Gasteiger partial charge in [-0.3, -0.25) is 4.99 Å². The molecule has 0 fully saturated rings. The van der Waals surface area contributed by atoms with Crippen molar-refractivity contribution in [2.75, 3.05) is 7.05 Å². The average molecular weight is 235 g/mol. The fourth-order valence-electron chi connectivity index (χ4n) is 2.09. The van der Waals surface area contributed by atoms with Crippen LogP contribution < -0.4 is 0 Å². The Bertz CT molecular complexity index is 396. The molecule has 0 aliphatic carbocycles. The second-order valence-electron chi connectivity index (χ2n) is 4.73. The third-order valence-corrected chi connectivity index (χ3v) is 3.08. The van der Waals surface area contributed by atoms with Gasteiger partial charge in [0.25, 0.3) is 0 Å². The van der Waals surface area contributed by atoms with Crippen LogP contribution in [0.15, 0.2) is 23.2 Å². The van der Waals surface area contributed by atoms with Gasteiger partial charge in [0.15, 0.2) is 0 Å². The molecule has 1 atom stereocenters. The summed E-state index contributed by atoms with van der Waals surface area (Å²) >= 11 is 0. The van der Waals surface area contributed by atoms with Crippen molar-refractivity contribution in [1.82, 2.24) is 0 Å². The first-order valence-electron chi connectivity index (χ1n) is 6.30. The van der Waals surface area contributed by atoms with E-state index in [1.807, 2.05) is 19.2 Å². The maximum absolute atomic E-state index is 13.2. The highest BCUT2D eigenvalue weighted by atomic mass is 19.1. The van der Waals surface area contributed by atoms with E-state index in [0.717, 1.165) is 17.7 Å². The maximum atomic E-state index is 13.2. The van der Waals surface area contributed by atoms with Crippen LogP contribution in [0.3, 0.4) is 0 Å². The van der Waals surface area contributed by atoms with Gasteiger partial charge in [0.2, 0.25) is 0 Å². The lowest BCUT2D eigenvalue weighted by molar-refractivity contribution is 0.544. The molecule has 17 heavy (non-hydrogen) atoms. The molecule has 0 aromatic heterocycles. The number of nitrogens with zero attached hydrogens (tertiary/aromatic N) is 1. The molecule has 0 saturated carbocycles. The van der Waals surface area contributed by atoms with Crippen LogP contribution >= 0.6 is 0 Å². The summed E-state index contributed by atoms with van der Waals surface area (Å²) in [5.74, 6) is 0.481. The van der Waals surface area contributed by atoms with Crippen LogP contribution in [0.25, 0.3) is 0 Å². The third kappa shape index (κ3) is 3.95. The molecule has 94 valence electrons. The number of benzene rings is 1. The van der Waals surface area contributed by atoms with Crippen LogP contribution in [-0.4, -0.2) is 12.8 Å². The van der Waals surface area contributed by atoms with Crippen molar-refractivity contribution in [3.05, 3.63) is 35.1 Å². The van der Waals surface area contributed by atoms with Gasteiger partial charge in [0, 0.05) is 12.8 Å². The first-order valence-corrected chi connectivity index (χ1v) is 6.30. The number of aliphatic imine (C=N–C) groups is 1. The van der Waals surface area contributed by atoms with Gasteiger partial charge in [-0.15, -0.1) is 0 Å². The van der Waals surface area contributed by atoms with Crippen LogP contribution in [0, 0.1) is 18.7 Å². The van der Waals surface area contributed by atoms with Gasteiger partial charge in [-0.05, 0) is 42.5 Å². The number of hydrogen-bond acceptors (Lipinski definition) is 1. The minimum Gasteiger partial charge on any atom is -0.292 e. The molecule has 0 radical (unpaired) electrons. The van der Waals surface area contributed by atoms with E-state index < -0.39 is 0 Å². The Balaban J connectivity index is 2.84. The quantitative estimate of drug-likeness (QED) is 0.672. The van der Waals surface area contributed by atoms with Crippen molar-refractivity contribution in [3.63, 3.8) is 0 Å². The van der Waals surface area contributed by atoms with Crippen molar-refractivity contribution in [1.29, 1.82) is 0 Å². The third-order valence-electron chi connectivity index (χ3n) is 3.08. The molecular weight excluding hydrogens is 213 g/mol. The minimum absolute atomic E-state index is 0.147. The second-order valence-corrected chi connectivity index (χ2v) is 4.73. The molecule has 1 unspecified atom stereocenters. The molecule has 0 aliphatic rings. The average Bonchev–Trinajstić information content (AvgIpc) is 2.30. The first kappa shape index (κ1) is 13.9. The number of aryl methyl sites for hydroxylation is 1. The zero-order chi connectivity index (χ0) is 12.8. The predicted molar refractivity (Wildman–Crippen MR) is 72.3 cm³/mol. The van der Waals surface area contributed by atoms with Crippen molar-refractivity contribution in [3.8, 4) is 0 Å². The summed E-state index contributed by atoms with van der Waals surface area (Å²) in [5.41, 5.74) is 2.81. The van der Waals surface area contributed by atoms with E-state index in [4.69, 9.17) is 0 Å². The molecule has 2 heteroatoms. The Hall–Kier alpha value is -1.18. The summed E-state index contributed by atoms with van der Waals surface area (Å²) in [7, 11) is 1.81. The van der Waals surface area contributed by atoms with Crippen LogP contribution in [0.4, 0.5) is 4.39 Å². The van der Waals surface area contributed by atoms with E-state index in [1.54, 1.807) is 6.92 Å². The van der Waals surface area contributed by atoms with E-state index in [9.17, 15) is 4.39 Å². The van der Waals surface area contributed by atoms with Crippen molar-refractivity contribution in [2.45, 2.75) is 40.0 Å². The molecule has 0 spiro atoms. The molecule has 0 amide bonds. The van der Waals surface area contributed by atoms with Crippen LogP contribution in [-0.2, 0) is 0 Å². The van der Waals surface area contributed by atoms with Gasteiger partial charge in [0.1, 0.15) is 5.82 Å². The Kier molecular flexibility index (Phi) is 5.33. The molecule has 1 nitrogen and oxygen atoms in total. The van der Waals surface area contributed by atoms with E-state index in [1.165, 1.54) is 18.9 Å². The SMILES string of the molecule is CCCC(C)CC(=NC)c1ccc(F)c(C)c1. The lowest BCUT2D eigenvalue weighted by Crippen LogP contribution is -2.08. The minimum atomic E-state index is -0.147. The van der Waals surface area contributed by atoms with Gasteiger partial charge in [-0.25, -0.2) is 4.39 Å². The van der Waals surface area contributed by atoms with Gasteiger partial charge >= 0.3 is 0 Å². The zero-order valence-corrected chi connectivity index (χ0v) is 11.3. The fraction of sp³-hybridized carbons (Fsp3) is 0.533. The predicted octanol–water partition coefficient (Wildman–Crippen LogP) is 4.38. The monoisotopic (exact) mass is 235 g/mol. The van der Waals surface area contributed by atoms with Crippen molar-refractivity contribution < 1.29 is 4.39 Å². The molecule has 1 rings (SSSR count). The van der Waals surface area contributed by atoms with Gasteiger partial charge in [-0.2, -0.15) is 0 Å². The van der Waals surface area contributed by atoms with E-state index in [0.29, 0.717) is 11.5 Å². The molecule has 0 saturated heterocycles. The maximum Gasteiger partial charge on any atom is 0.126 e. The highest BCUT2D eigenvalue weighted by molar-refractivity contribution is 6.00. The molecule has 0 heterocycles. The Morgan fingerprint density at radius 3 is 2.65 bits per heavy atom. The summed E-state index contributed by atoms with van der Waals surface area (Å²) in [6, 6.07) is 5.24. The summed E-state index contributed by atoms with van der Waals surface area (Å²) in [4.78, 5) is 4.35. The highest BCUT2D eigenvalue weighted by Gasteiger charge is 2.09. The molecular formula is C15H22FN. The van der Waals surface area contributed by atoms with Crippen LogP contribution in [0.5, 0.6) is 0 Å². The normalized spacial score (nSPS) is 13.8. The number of rotatable bonds is 5. The summed E-state index contributed by atoms with van der Waals surface area (Å²) in [6.45, 7) is 6.23. The van der Waals surface area contributed by atoms with Gasteiger partial charge in [-0.1, -0.05) is 32.8 Å². The standard InChI is InChI=1S/C15H22FN/c1-5-6-11(2)9-15(17-4)13-7-8-14(16)12(3)10-13/h7-8,10-11H,5-6,9H2,1-4H3.